The molecule has 0 aromatic heterocycles. The zero-order chi connectivity index (χ0) is 16.7. The zero-order valence-electron chi connectivity index (χ0n) is 14.7. The van der Waals surface area contributed by atoms with Gasteiger partial charge in [-0.2, -0.15) is 0 Å². The summed E-state index contributed by atoms with van der Waals surface area (Å²) in [6, 6.07) is 8.28. The van der Waals surface area contributed by atoms with E-state index in [4.69, 9.17) is 4.74 Å². The number of carbonyl (C=O) groups excluding carboxylic acids is 1. The molecule has 1 N–H and O–H groups in total. The molecule has 1 aliphatic rings. The van der Waals surface area contributed by atoms with Crippen LogP contribution in [-0.2, 0) is 11.2 Å². The molecule has 0 bridgehead atoms. The summed E-state index contributed by atoms with van der Waals surface area (Å²) < 4.78 is 5.44. The highest BCUT2D eigenvalue weighted by molar-refractivity contribution is 5.94. The van der Waals surface area contributed by atoms with Crippen molar-refractivity contribution in [3.05, 3.63) is 35.4 Å². The molecule has 4 nitrogen and oxygen atoms in total. The highest BCUT2D eigenvalue weighted by Gasteiger charge is 2.22. The van der Waals surface area contributed by atoms with E-state index in [9.17, 15) is 4.79 Å². The molecule has 2 rings (SSSR count). The Morgan fingerprint density at radius 1 is 1.22 bits per heavy atom. The molecule has 4 heteroatoms. The Hall–Kier alpha value is -1.39. The lowest BCUT2D eigenvalue weighted by Crippen LogP contribution is -2.49. The number of rotatable bonds is 7. The van der Waals surface area contributed by atoms with Gasteiger partial charge in [-0.3, -0.25) is 9.69 Å². The SMILES string of the molecule is CCc1ccc(C(=O)NCC(CC(C)C)N2CCOCC2)cc1. The lowest BCUT2D eigenvalue weighted by atomic mass is 10.0. The van der Waals surface area contributed by atoms with Crippen LogP contribution in [0.15, 0.2) is 24.3 Å². The van der Waals surface area contributed by atoms with Crippen molar-refractivity contribution < 1.29 is 9.53 Å². The van der Waals surface area contributed by atoms with Gasteiger partial charge in [0.15, 0.2) is 0 Å². The normalized spacial score (nSPS) is 17.2. The van der Waals surface area contributed by atoms with Crippen LogP contribution in [0.25, 0.3) is 0 Å². The van der Waals surface area contributed by atoms with Crippen molar-refractivity contribution in [2.75, 3.05) is 32.8 Å². The smallest absolute Gasteiger partial charge is 0.251 e. The van der Waals surface area contributed by atoms with E-state index in [1.54, 1.807) is 0 Å². The van der Waals surface area contributed by atoms with Gasteiger partial charge < -0.3 is 10.1 Å². The molecule has 1 unspecified atom stereocenters. The quantitative estimate of drug-likeness (QED) is 0.840. The summed E-state index contributed by atoms with van der Waals surface area (Å²) in [6.07, 6.45) is 2.09. The first-order valence-corrected chi connectivity index (χ1v) is 8.79. The number of carbonyl (C=O) groups is 1. The first-order chi connectivity index (χ1) is 11.1. The molecule has 1 heterocycles. The van der Waals surface area contributed by atoms with E-state index in [2.05, 4.69) is 31.0 Å². The number of nitrogens with zero attached hydrogens (tertiary/aromatic N) is 1. The van der Waals surface area contributed by atoms with Gasteiger partial charge in [0.1, 0.15) is 0 Å². The van der Waals surface area contributed by atoms with Crippen LogP contribution in [0.5, 0.6) is 0 Å². The van der Waals surface area contributed by atoms with Gasteiger partial charge in [-0.05, 0) is 36.5 Å². The van der Waals surface area contributed by atoms with Crippen LogP contribution in [-0.4, -0.2) is 49.7 Å². The second kappa shape index (κ2) is 9.04. The molecular weight excluding hydrogens is 288 g/mol. The summed E-state index contributed by atoms with van der Waals surface area (Å²) in [5, 5.41) is 3.12. The van der Waals surface area contributed by atoms with Gasteiger partial charge in [-0.25, -0.2) is 0 Å². The van der Waals surface area contributed by atoms with Gasteiger partial charge >= 0.3 is 0 Å². The second-order valence-corrected chi connectivity index (χ2v) is 6.69. The molecule has 1 amide bonds. The molecule has 0 aliphatic carbocycles. The van der Waals surface area contributed by atoms with E-state index >= 15 is 0 Å². The Balaban J connectivity index is 1.91. The van der Waals surface area contributed by atoms with Crippen molar-refractivity contribution in [1.82, 2.24) is 10.2 Å². The zero-order valence-corrected chi connectivity index (χ0v) is 14.7. The lowest BCUT2D eigenvalue weighted by Gasteiger charge is -2.35. The maximum absolute atomic E-state index is 12.4. The Morgan fingerprint density at radius 3 is 2.43 bits per heavy atom. The first-order valence-electron chi connectivity index (χ1n) is 8.79. The van der Waals surface area contributed by atoms with Crippen LogP contribution < -0.4 is 5.32 Å². The van der Waals surface area contributed by atoms with E-state index in [-0.39, 0.29) is 5.91 Å². The summed E-state index contributed by atoms with van der Waals surface area (Å²) in [4.78, 5) is 14.8. The number of benzene rings is 1. The van der Waals surface area contributed by atoms with Crippen LogP contribution in [0.4, 0.5) is 0 Å². The highest BCUT2D eigenvalue weighted by Crippen LogP contribution is 2.13. The molecule has 0 spiro atoms. The fraction of sp³-hybridized carbons (Fsp3) is 0.632. The lowest BCUT2D eigenvalue weighted by molar-refractivity contribution is 0.0124. The Kier molecular flexibility index (Phi) is 7.06. The predicted octanol–water partition coefficient (Wildman–Crippen LogP) is 2.73. The number of nitrogens with one attached hydrogen (secondary N) is 1. The largest absolute Gasteiger partial charge is 0.379 e. The van der Waals surface area contributed by atoms with Crippen molar-refractivity contribution in [3.63, 3.8) is 0 Å². The number of hydrogen-bond acceptors (Lipinski definition) is 3. The van der Waals surface area contributed by atoms with Gasteiger partial charge in [0.05, 0.1) is 13.2 Å². The van der Waals surface area contributed by atoms with Gasteiger partial charge in [0.2, 0.25) is 0 Å². The van der Waals surface area contributed by atoms with Crippen LogP contribution in [0.3, 0.4) is 0 Å². The van der Waals surface area contributed by atoms with Crippen molar-refractivity contribution in [2.24, 2.45) is 5.92 Å². The number of morpholine rings is 1. The molecule has 1 aromatic rings. The van der Waals surface area contributed by atoms with Crippen LogP contribution in [0.2, 0.25) is 0 Å². The van der Waals surface area contributed by atoms with Crippen molar-refractivity contribution >= 4 is 5.91 Å². The standard InChI is InChI=1S/C19H30N2O2/c1-4-16-5-7-17(8-6-16)19(22)20-14-18(13-15(2)3)21-9-11-23-12-10-21/h5-8,15,18H,4,9-14H2,1-3H3,(H,20,22). The average Bonchev–Trinajstić information content (AvgIpc) is 2.59. The molecule has 23 heavy (non-hydrogen) atoms. The van der Waals surface area contributed by atoms with Gasteiger partial charge in [0.25, 0.3) is 5.91 Å². The second-order valence-electron chi connectivity index (χ2n) is 6.69. The fourth-order valence-corrected chi connectivity index (χ4v) is 3.05. The van der Waals surface area contributed by atoms with E-state index < -0.39 is 0 Å². The molecule has 1 saturated heterocycles. The summed E-state index contributed by atoms with van der Waals surface area (Å²) >= 11 is 0. The van der Waals surface area contributed by atoms with Crippen LogP contribution in [0, 0.1) is 5.92 Å². The monoisotopic (exact) mass is 318 g/mol. The Labute approximate surface area is 140 Å². The van der Waals surface area contributed by atoms with Gasteiger partial charge in [-0.1, -0.05) is 32.9 Å². The third kappa shape index (κ3) is 5.63. The minimum atomic E-state index is 0.0228. The highest BCUT2D eigenvalue weighted by atomic mass is 16.5. The molecule has 1 aliphatic heterocycles. The molecular formula is C19H30N2O2. The fourth-order valence-electron chi connectivity index (χ4n) is 3.05. The molecule has 0 radical (unpaired) electrons. The van der Waals surface area contributed by atoms with E-state index in [0.29, 0.717) is 18.5 Å². The summed E-state index contributed by atoms with van der Waals surface area (Å²) in [7, 11) is 0. The average molecular weight is 318 g/mol. The van der Waals surface area contributed by atoms with E-state index in [1.165, 1.54) is 5.56 Å². The van der Waals surface area contributed by atoms with Gasteiger partial charge in [0, 0.05) is 31.2 Å². The summed E-state index contributed by atoms with van der Waals surface area (Å²) in [5.74, 6) is 0.637. The van der Waals surface area contributed by atoms with Gasteiger partial charge in [-0.15, -0.1) is 0 Å². The maximum Gasteiger partial charge on any atom is 0.251 e. The molecule has 1 aromatic carbocycles. The summed E-state index contributed by atoms with van der Waals surface area (Å²) in [6.45, 7) is 10.8. The number of aryl methyl sites for hydroxylation is 1. The molecule has 1 atom stereocenters. The number of ether oxygens (including phenoxy) is 1. The predicted molar refractivity (Wildman–Crippen MR) is 93.8 cm³/mol. The molecule has 128 valence electrons. The Morgan fingerprint density at radius 2 is 1.87 bits per heavy atom. The summed E-state index contributed by atoms with van der Waals surface area (Å²) in [5.41, 5.74) is 2.00. The van der Waals surface area contributed by atoms with Crippen LogP contribution in [0.1, 0.15) is 43.1 Å². The van der Waals surface area contributed by atoms with E-state index in [0.717, 1.165) is 44.7 Å². The van der Waals surface area contributed by atoms with Crippen LogP contribution >= 0.6 is 0 Å². The van der Waals surface area contributed by atoms with Crippen molar-refractivity contribution in [1.29, 1.82) is 0 Å². The number of hydrogen-bond donors (Lipinski definition) is 1. The number of amides is 1. The molecule has 1 fully saturated rings. The third-order valence-electron chi connectivity index (χ3n) is 4.43. The minimum absolute atomic E-state index is 0.0228. The maximum atomic E-state index is 12.4. The first kappa shape index (κ1) is 18.0. The van der Waals surface area contributed by atoms with Crippen molar-refractivity contribution in [3.8, 4) is 0 Å². The van der Waals surface area contributed by atoms with E-state index in [1.807, 2.05) is 24.3 Å². The third-order valence-corrected chi connectivity index (χ3v) is 4.43. The van der Waals surface area contributed by atoms with Crippen molar-refractivity contribution in [2.45, 2.75) is 39.7 Å². The topological polar surface area (TPSA) is 41.6 Å². The Bertz CT molecular complexity index is 479. The molecule has 0 saturated carbocycles. The minimum Gasteiger partial charge on any atom is -0.379 e.